The van der Waals surface area contributed by atoms with Crippen molar-refractivity contribution in [3.05, 3.63) is 71.3 Å². The van der Waals surface area contributed by atoms with Gasteiger partial charge in [0, 0.05) is 20.2 Å². The van der Waals surface area contributed by atoms with Crippen LogP contribution in [0.5, 0.6) is 5.75 Å². The van der Waals surface area contributed by atoms with Crippen molar-refractivity contribution >= 4 is 21.9 Å². The summed E-state index contributed by atoms with van der Waals surface area (Å²) in [7, 11) is 3.56. The number of aryl methyl sites for hydroxylation is 1. The molecule has 4 aromatic rings. The summed E-state index contributed by atoms with van der Waals surface area (Å²) in [5, 5.41) is 13.3. The van der Waals surface area contributed by atoms with Crippen molar-refractivity contribution in [2.24, 2.45) is 7.05 Å². The van der Waals surface area contributed by atoms with E-state index in [4.69, 9.17) is 14.2 Å². The molecule has 0 amide bonds. The molecule has 29 heavy (non-hydrogen) atoms. The Morgan fingerprint density at radius 2 is 1.90 bits per heavy atom. The molecule has 150 valence electrons. The summed E-state index contributed by atoms with van der Waals surface area (Å²) in [4.78, 5) is 4.58. The van der Waals surface area contributed by atoms with Crippen LogP contribution in [-0.2, 0) is 29.7 Å². The van der Waals surface area contributed by atoms with Gasteiger partial charge in [-0.1, -0.05) is 30.3 Å². The number of ether oxygens (including phenoxy) is 3. The van der Waals surface area contributed by atoms with E-state index in [1.54, 1.807) is 13.2 Å². The number of nitrogens with zero attached hydrogens (tertiary/aromatic N) is 3. The third-order valence-corrected chi connectivity index (χ3v) is 4.83. The van der Waals surface area contributed by atoms with Gasteiger partial charge >= 0.3 is 0 Å². The molecule has 0 aliphatic carbocycles. The van der Waals surface area contributed by atoms with Gasteiger partial charge in [0.2, 0.25) is 11.7 Å². The lowest BCUT2D eigenvalue weighted by Gasteiger charge is -2.09. The summed E-state index contributed by atoms with van der Waals surface area (Å²) in [6.07, 6.45) is 1.50. The topological polar surface area (TPSA) is 72.5 Å². The molecular formula is C22H23N3O4. The van der Waals surface area contributed by atoms with E-state index in [1.165, 1.54) is 6.20 Å². The molecule has 4 rings (SSSR count). The number of methoxy groups -OCH3 is 1. The lowest BCUT2D eigenvalue weighted by molar-refractivity contribution is -0.575. The second-order valence-electron chi connectivity index (χ2n) is 6.77. The number of aromatic nitrogens is 3. The molecule has 0 aliphatic heterocycles. The fraction of sp³-hybridized carbons (Fsp3) is 0.273. The molecule has 0 saturated carbocycles. The number of hydrogen-bond acceptors (Lipinski definition) is 5. The molecule has 0 saturated heterocycles. The Hall–Kier alpha value is -3.16. The van der Waals surface area contributed by atoms with Gasteiger partial charge in [-0.05, 0) is 17.7 Å². The zero-order chi connectivity index (χ0) is 20.2. The highest BCUT2D eigenvalue weighted by Crippen LogP contribution is 2.27. The summed E-state index contributed by atoms with van der Waals surface area (Å²) in [5.41, 5.74) is 3.16. The summed E-state index contributed by atoms with van der Waals surface area (Å²) in [6.45, 7) is 1.82. The maximum Gasteiger partial charge on any atom is 0.226 e. The molecule has 7 heteroatoms. The van der Waals surface area contributed by atoms with Gasteiger partial charge in [0.05, 0.1) is 24.1 Å². The molecule has 0 fully saturated rings. The molecule has 2 aromatic heterocycles. The number of benzene rings is 2. The molecule has 0 unspecified atom stereocenters. The van der Waals surface area contributed by atoms with Crippen LogP contribution >= 0.6 is 0 Å². The Labute approximate surface area is 168 Å². The van der Waals surface area contributed by atoms with Crippen LogP contribution in [0.2, 0.25) is 0 Å². The first-order valence-electron chi connectivity index (χ1n) is 9.42. The quantitative estimate of drug-likeness (QED) is 0.261. The van der Waals surface area contributed by atoms with Gasteiger partial charge in [0.15, 0.2) is 5.52 Å². The van der Waals surface area contributed by atoms with Crippen LogP contribution in [0.25, 0.3) is 21.9 Å². The van der Waals surface area contributed by atoms with Crippen LogP contribution in [-0.4, -0.2) is 29.9 Å². The SMILES string of the molecule is COCCOCc1nc2c[n+]([O-])c3ccc(OCc4ccccc4)cc3c2n1C. The van der Waals surface area contributed by atoms with Crippen molar-refractivity contribution in [1.82, 2.24) is 9.55 Å². The maximum atomic E-state index is 12.5. The molecule has 0 atom stereocenters. The highest BCUT2D eigenvalue weighted by Gasteiger charge is 2.17. The lowest BCUT2D eigenvalue weighted by atomic mass is 10.2. The molecular weight excluding hydrogens is 370 g/mol. The fourth-order valence-corrected chi connectivity index (χ4v) is 3.32. The Balaban J connectivity index is 1.67. The first kappa shape index (κ1) is 19.2. The van der Waals surface area contributed by atoms with Crippen molar-refractivity contribution < 1.29 is 18.9 Å². The number of fused-ring (bicyclic) bond motifs is 3. The maximum absolute atomic E-state index is 12.5. The monoisotopic (exact) mass is 393 g/mol. The van der Waals surface area contributed by atoms with Gasteiger partial charge < -0.3 is 24.0 Å². The second-order valence-corrected chi connectivity index (χ2v) is 6.77. The molecule has 0 N–H and O–H groups in total. The lowest BCUT2D eigenvalue weighted by Crippen LogP contribution is -2.26. The number of imidazole rings is 1. The van der Waals surface area contributed by atoms with Crippen molar-refractivity contribution in [3.8, 4) is 5.75 Å². The minimum absolute atomic E-state index is 0.346. The third kappa shape index (κ3) is 4.01. The van der Waals surface area contributed by atoms with E-state index >= 15 is 0 Å². The highest BCUT2D eigenvalue weighted by molar-refractivity contribution is 6.01. The molecule has 0 spiro atoms. The Kier molecular flexibility index (Phi) is 5.59. The van der Waals surface area contributed by atoms with Crippen LogP contribution in [0, 0.1) is 5.21 Å². The summed E-state index contributed by atoms with van der Waals surface area (Å²) >= 11 is 0. The second kappa shape index (κ2) is 8.46. The molecule has 2 heterocycles. The molecule has 7 nitrogen and oxygen atoms in total. The summed E-state index contributed by atoms with van der Waals surface area (Å²) in [6, 6.07) is 15.5. The van der Waals surface area contributed by atoms with Crippen LogP contribution in [0.4, 0.5) is 0 Å². The standard InChI is InChI=1S/C22H23N3O4/c1-24-21(15-28-11-10-27-2)23-19-13-25(26)20-9-8-17(12-18(20)22(19)24)29-14-16-6-4-3-5-7-16/h3-9,12-13H,10-11,14-15H2,1-2H3. The van der Waals surface area contributed by atoms with Crippen molar-refractivity contribution in [3.63, 3.8) is 0 Å². The minimum atomic E-state index is 0.346. The van der Waals surface area contributed by atoms with Crippen LogP contribution < -0.4 is 9.47 Å². The van der Waals surface area contributed by atoms with Crippen molar-refractivity contribution in [2.75, 3.05) is 20.3 Å². The average Bonchev–Trinajstić information content (AvgIpc) is 3.05. The summed E-state index contributed by atoms with van der Waals surface area (Å²) in [5.74, 6) is 1.45. The Morgan fingerprint density at radius 1 is 1.07 bits per heavy atom. The van der Waals surface area contributed by atoms with E-state index in [9.17, 15) is 5.21 Å². The number of rotatable bonds is 8. The van der Waals surface area contributed by atoms with Gasteiger partial charge in [0.25, 0.3) is 0 Å². The van der Waals surface area contributed by atoms with Gasteiger partial charge in [-0.2, -0.15) is 4.73 Å². The first-order chi connectivity index (χ1) is 14.2. The van der Waals surface area contributed by atoms with Crippen molar-refractivity contribution in [2.45, 2.75) is 13.2 Å². The van der Waals surface area contributed by atoms with Crippen molar-refractivity contribution in [1.29, 1.82) is 0 Å². The largest absolute Gasteiger partial charge is 0.618 e. The normalized spacial score (nSPS) is 11.4. The smallest absolute Gasteiger partial charge is 0.226 e. The fourth-order valence-electron chi connectivity index (χ4n) is 3.32. The molecule has 0 radical (unpaired) electrons. The van der Waals surface area contributed by atoms with Gasteiger partial charge in [-0.25, -0.2) is 4.98 Å². The van der Waals surface area contributed by atoms with Crippen LogP contribution in [0.15, 0.2) is 54.7 Å². The average molecular weight is 393 g/mol. The van der Waals surface area contributed by atoms with E-state index in [1.807, 2.05) is 54.1 Å². The summed E-state index contributed by atoms with van der Waals surface area (Å²) < 4.78 is 19.4. The zero-order valence-corrected chi connectivity index (χ0v) is 16.5. The molecule has 0 aliphatic rings. The van der Waals surface area contributed by atoms with Gasteiger partial charge in [0.1, 0.15) is 24.8 Å². The minimum Gasteiger partial charge on any atom is -0.618 e. The molecule has 0 bridgehead atoms. The van der Waals surface area contributed by atoms with Crippen LogP contribution in [0.3, 0.4) is 0 Å². The number of hydrogen-bond donors (Lipinski definition) is 0. The van der Waals surface area contributed by atoms with E-state index in [-0.39, 0.29) is 0 Å². The number of pyridine rings is 1. The van der Waals surface area contributed by atoms with Gasteiger partial charge in [-0.15, -0.1) is 0 Å². The first-order valence-corrected chi connectivity index (χ1v) is 9.42. The zero-order valence-electron chi connectivity index (χ0n) is 16.5. The Bertz CT molecular complexity index is 1130. The van der Waals surface area contributed by atoms with E-state index in [0.717, 1.165) is 27.0 Å². The van der Waals surface area contributed by atoms with E-state index in [0.29, 0.717) is 43.2 Å². The van der Waals surface area contributed by atoms with E-state index < -0.39 is 0 Å². The van der Waals surface area contributed by atoms with Crippen LogP contribution in [0.1, 0.15) is 11.4 Å². The highest BCUT2D eigenvalue weighted by atomic mass is 16.5. The third-order valence-electron chi connectivity index (χ3n) is 4.83. The predicted molar refractivity (Wildman–Crippen MR) is 109 cm³/mol. The Morgan fingerprint density at radius 3 is 2.69 bits per heavy atom. The predicted octanol–water partition coefficient (Wildman–Crippen LogP) is 3.10. The van der Waals surface area contributed by atoms with E-state index in [2.05, 4.69) is 4.98 Å². The molecule has 2 aromatic carbocycles. The van der Waals surface area contributed by atoms with Gasteiger partial charge in [-0.3, -0.25) is 0 Å².